The molecule has 1 aromatic heterocycles. The van der Waals surface area contributed by atoms with Gasteiger partial charge in [0, 0.05) is 28.7 Å². The third kappa shape index (κ3) is 2.54. The fourth-order valence-electron chi connectivity index (χ4n) is 2.86. The normalized spacial score (nSPS) is 11.3. The molecule has 0 saturated heterocycles. The molecule has 0 unspecified atom stereocenters. The molecular formula is C19H21NO2. The van der Waals surface area contributed by atoms with E-state index in [2.05, 4.69) is 49.7 Å². The maximum absolute atomic E-state index is 9.82. The van der Waals surface area contributed by atoms with E-state index >= 15 is 0 Å². The van der Waals surface area contributed by atoms with Crippen molar-refractivity contribution in [2.45, 2.75) is 33.4 Å². The van der Waals surface area contributed by atoms with Crippen LogP contribution in [-0.4, -0.2) is 9.67 Å². The fourth-order valence-corrected chi connectivity index (χ4v) is 2.86. The Labute approximate surface area is 130 Å². The molecule has 0 spiro atoms. The lowest BCUT2D eigenvalue weighted by Crippen LogP contribution is -1.98. The largest absolute Gasteiger partial charge is 0.504 e. The number of benzene rings is 2. The van der Waals surface area contributed by atoms with Gasteiger partial charge in [0.1, 0.15) is 6.61 Å². The smallest absolute Gasteiger partial charge is 0.161 e. The molecule has 3 heteroatoms. The number of fused-ring (bicyclic) bond motifs is 1. The molecule has 1 N–H and O–H groups in total. The van der Waals surface area contributed by atoms with Crippen LogP contribution in [0.5, 0.6) is 11.5 Å². The molecule has 0 amide bonds. The molecule has 114 valence electrons. The molecule has 3 rings (SSSR count). The molecule has 3 nitrogen and oxygen atoms in total. The molecule has 0 bridgehead atoms. The van der Waals surface area contributed by atoms with Crippen molar-refractivity contribution >= 4 is 10.9 Å². The van der Waals surface area contributed by atoms with Gasteiger partial charge < -0.3 is 14.4 Å². The molecule has 0 radical (unpaired) electrons. The molecule has 0 aliphatic rings. The van der Waals surface area contributed by atoms with Crippen LogP contribution in [0.4, 0.5) is 0 Å². The number of nitrogens with zero attached hydrogens (tertiary/aromatic N) is 1. The summed E-state index contributed by atoms with van der Waals surface area (Å²) in [5, 5.41) is 11.1. The lowest BCUT2D eigenvalue weighted by molar-refractivity contribution is 0.290. The minimum atomic E-state index is 0.173. The third-order valence-electron chi connectivity index (χ3n) is 3.95. The summed E-state index contributed by atoms with van der Waals surface area (Å²) in [5.41, 5.74) is 3.61. The van der Waals surface area contributed by atoms with Gasteiger partial charge in [0.15, 0.2) is 11.5 Å². The van der Waals surface area contributed by atoms with Crippen molar-refractivity contribution in [3.8, 4) is 11.5 Å². The van der Waals surface area contributed by atoms with Gasteiger partial charge in [-0.05, 0) is 44.5 Å². The topological polar surface area (TPSA) is 34.4 Å². The summed E-state index contributed by atoms with van der Waals surface area (Å²) in [6, 6.07) is 13.8. The molecule has 22 heavy (non-hydrogen) atoms. The number of para-hydroxylation sites is 2. The SMILES string of the molecule is Cc1cccc2c1c(COc1ccccc1O)cn2C(C)C. The van der Waals surface area contributed by atoms with Crippen LogP contribution in [-0.2, 0) is 6.61 Å². The first-order valence-electron chi connectivity index (χ1n) is 7.57. The zero-order chi connectivity index (χ0) is 15.7. The van der Waals surface area contributed by atoms with E-state index in [9.17, 15) is 5.11 Å². The van der Waals surface area contributed by atoms with Crippen LogP contribution in [0.25, 0.3) is 10.9 Å². The van der Waals surface area contributed by atoms with Gasteiger partial charge in [0.05, 0.1) is 0 Å². The van der Waals surface area contributed by atoms with Gasteiger partial charge in [-0.3, -0.25) is 0 Å². The first-order chi connectivity index (χ1) is 10.6. The molecule has 0 saturated carbocycles. The summed E-state index contributed by atoms with van der Waals surface area (Å²) in [5.74, 6) is 0.688. The number of phenols is 1. The van der Waals surface area contributed by atoms with Crippen molar-refractivity contribution in [1.82, 2.24) is 4.57 Å². The zero-order valence-electron chi connectivity index (χ0n) is 13.2. The van der Waals surface area contributed by atoms with Crippen LogP contribution in [0.15, 0.2) is 48.7 Å². The standard InChI is InChI=1S/C19H21NO2/c1-13(2)20-11-15(19-14(3)7-6-8-16(19)20)12-22-18-10-5-4-9-17(18)21/h4-11,13,21H,12H2,1-3H3. The van der Waals surface area contributed by atoms with Gasteiger partial charge in [-0.25, -0.2) is 0 Å². The van der Waals surface area contributed by atoms with E-state index in [1.54, 1.807) is 18.2 Å². The quantitative estimate of drug-likeness (QED) is 0.749. The number of aromatic hydroxyl groups is 1. The number of hydrogen-bond donors (Lipinski definition) is 1. The molecule has 0 fully saturated rings. The second-order valence-electron chi connectivity index (χ2n) is 5.88. The first-order valence-corrected chi connectivity index (χ1v) is 7.57. The molecule has 2 aromatic carbocycles. The Morgan fingerprint density at radius 2 is 1.86 bits per heavy atom. The minimum Gasteiger partial charge on any atom is -0.504 e. The lowest BCUT2D eigenvalue weighted by Gasteiger charge is -2.09. The first kappa shape index (κ1) is 14.5. The van der Waals surface area contributed by atoms with E-state index in [-0.39, 0.29) is 5.75 Å². The van der Waals surface area contributed by atoms with E-state index in [1.807, 2.05) is 6.07 Å². The molecule has 1 heterocycles. The second-order valence-corrected chi connectivity index (χ2v) is 5.88. The average Bonchev–Trinajstić information content (AvgIpc) is 2.87. The summed E-state index contributed by atoms with van der Waals surface area (Å²) in [6.07, 6.45) is 2.16. The van der Waals surface area contributed by atoms with Gasteiger partial charge in [0.25, 0.3) is 0 Å². The zero-order valence-corrected chi connectivity index (χ0v) is 13.2. The van der Waals surface area contributed by atoms with Gasteiger partial charge in [-0.1, -0.05) is 24.3 Å². The Kier molecular flexibility index (Phi) is 3.80. The summed E-state index contributed by atoms with van der Waals surface area (Å²) in [6.45, 7) is 6.92. The van der Waals surface area contributed by atoms with Crippen molar-refractivity contribution < 1.29 is 9.84 Å². The maximum Gasteiger partial charge on any atom is 0.161 e. The van der Waals surface area contributed by atoms with Crippen LogP contribution in [0, 0.1) is 6.92 Å². The number of ether oxygens (including phenoxy) is 1. The van der Waals surface area contributed by atoms with Crippen LogP contribution >= 0.6 is 0 Å². The summed E-state index contributed by atoms with van der Waals surface area (Å²) in [7, 11) is 0. The molecule has 3 aromatic rings. The van der Waals surface area contributed by atoms with Crippen LogP contribution in [0.2, 0.25) is 0 Å². The Bertz CT molecular complexity index is 802. The van der Waals surface area contributed by atoms with Crippen molar-refractivity contribution in [3.63, 3.8) is 0 Å². The Hall–Kier alpha value is -2.42. The summed E-state index contributed by atoms with van der Waals surface area (Å²) >= 11 is 0. The van der Waals surface area contributed by atoms with Gasteiger partial charge in [-0.2, -0.15) is 0 Å². The monoisotopic (exact) mass is 295 g/mol. The van der Waals surface area contributed by atoms with Crippen LogP contribution < -0.4 is 4.74 Å². The fraction of sp³-hybridized carbons (Fsp3) is 0.263. The van der Waals surface area contributed by atoms with Crippen molar-refractivity contribution in [3.05, 3.63) is 59.8 Å². The number of rotatable bonds is 4. The molecule has 0 aliphatic carbocycles. The van der Waals surface area contributed by atoms with E-state index in [0.29, 0.717) is 18.4 Å². The molecular weight excluding hydrogens is 274 g/mol. The number of hydrogen-bond acceptors (Lipinski definition) is 2. The average molecular weight is 295 g/mol. The number of phenolic OH excluding ortho intramolecular Hbond substituents is 1. The van der Waals surface area contributed by atoms with Gasteiger partial charge in [-0.15, -0.1) is 0 Å². The minimum absolute atomic E-state index is 0.173. The van der Waals surface area contributed by atoms with E-state index in [0.717, 1.165) is 5.56 Å². The predicted octanol–water partition coefficient (Wildman–Crippen LogP) is 4.82. The lowest BCUT2D eigenvalue weighted by atomic mass is 10.1. The highest BCUT2D eigenvalue weighted by molar-refractivity contribution is 5.87. The molecule has 0 aliphatic heterocycles. The second kappa shape index (κ2) is 5.76. The van der Waals surface area contributed by atoms with E-state index < -0.39 is 0 Å². The predicted molar refractivity (Wildman–Crippen MR) is 89.5 cm³/mol. The highest BCUT2D eigenvalue weighted by Gasteiger charge is 2.13. The van der Waals surface area contributed by atoms with Crippen molar-refractivity contribution in [2.75, 3.05) is 0 Å². The van der Waals surface area contributed by atoms with Crippen molar-refractivity contribution in [2.24, 2.45) is 0 Å². The Morgan fingerprint density at radius 1 is 1.09 bits per heavy atom. The summed E-state index contributed by atoms with van der Waals surface area (Å²) < 4.78 is 8.09. The van der Waals surface area contributed by atoms with Crippen molar-refractivity contribution in [1.29, 1.82) is 0 Å². The van der Waals surface area contributed by atoms with Crippen LogP contribution in [0.1, 0.15) is 31.0 Å². The molecule has 0 atom stereocenters. The highest BCUT2D eigenvalue weighted by atomic mass is 16.5. The summed E-state index contributed by atoms with van der Waals surface area (Å²) in [4.78, 5) is 0. The van der Waals surface area contributed by atoms with Crippen LogP contribution in [0.3, 0.4) is 0 Å². The van der Waals surface area contributed by atoms with Gasteiger partial charge in [0.2, 0.25) is 0 Å². The van der Waals surface area contributed by atoms with E-state index in [1.165, 1.54) is 16.5 Å². The highest BCUT2D eigenvalue weighted by Crippen LogP contribution is 2.30. The third-order valence-corrected chi connectivity index (χ3v) is 3.95. The maximum atomic E-state index is 9.82. The van der Waals surface area contributed by atoms with Gasteiger partial charge >= 0.3 is 0 Å². The number of aromatic nitrogens is 1. The number of aryl methyl sites for hydroxylation is 1. The van der Waals surface area contributed by atoms with E-state index in [4.69, 9.17) is 4.74 Å². The Balaban J connectivity index is 1.99. The Morgan fingerprint density at radius 3 is 2.59 bits per heavy atom.